The molecule has 0 spiro atoms. The van der Waals surface area contributed by atoms with Crippen molar-refractivity contribution in [3.05, 3.63) is 100 Å². The summed E-state index contributed by atoms with van der Waals surface area (Å²) in [5.74, 6) is 1.80. The van der Waals surface area contributed by atoms with Crippen molar-refractivity contribution in [3.8, 4) is 11.4 Å². The van der Waals surface area contributed by atoms with Crippen molar-refractivity contribution in [2.24, 2.45) is 4.99 Å². The highest BCUT2D eigenvalue weighted by Crippen LogP contribution is 2.35. The molecular formula is C34H37ClN6O4Si. The molecule has 2 amide bonds. The van der Waals surface area contributed by atoms with E-state index >= 15 is 0 Å². The summed E-state index contributed by atoms with van der Waals surface area (Å²) in [5, 5.41) is 10.3. The third-order valence-corrected chi connectivity index (χ3v) is 10.5. The van der Waals surface area contributed by atoms with Gasteiger partial charge in [-0.2, -0.15) is 0 Å². The number of carbonyl (C=O) groups is 2. The zero-order valence-electron chi connectivity index (χ0n) is 26.4. The van der Waals surface area contributed by atoms with Crippen LogP contribution in [0.3, 0.4) is 0 Å². The van der Waals surface area contributed by atoms with Crippen LogP contribution < -0.4 is 9.92 Å². The summed E-state index contributed by atoms with van der Waals surface area (Å²) in [5.41, 5.74) is 3.80. The molecule has 1 atom stereocenters. The molecule has 3 aromatic carbocycles. The third kappa shape index (κ3) is 6.35. The molecule has 1 aromatic heterocycles. The number of aliphatic imine (C=N–C) groups is 1. The van der Waals surface area contributed by atoms with E-state index in [4.69, 9.17) is 21.3 Å². The molecule has 4 aromatic rings. The second-order valence-electron chi connectivity index (χ2n) is 12.2. The molecule has 46 heavy (non-hydrogen) atoms. The van der Waals surface area contributed by atoms with Gasteiger partial charge in [0.1, 0.15) is 17.6 Å². The molecule has 10 nitrogen and oxygen atoms in total. The summed E-state index contributed by atoms with van der Waals surface area (Å²) in [6.07, 6.45) is 0.744. The normalized spacial score (nSPS) is 16.6. The fourth-order valence-electron chi connectivity index (χ4n) is 6.06. The predicted octanol–water partition coefficient (Wildman–Crippen LogP) is 4.30. The first-order chi connectivity index (χ1) is 22.0. The predicted molar refractivity (Wildman–Crippen MR) is 180 cm³/mol. The Bertz CT molecular complexity index is 1820. The number of methoxy groups -OCH3 is 1. The van der Waals surface area contributed by atoms with Gasteiger partial charge in [-0.1, -0.05) is 35.9 Å². The van der Waals surface area contributed by atoms with E-state index in [-0.39, 0.29) is 18.2 Å². The van der Waals surface area contributed by atoms with Gasteiger partial charge in [0.2, 0.25) is 14.2 Å². The smallest absolute Gasteiger partial charge is 0.253 e. The number of aryl methyl sites for hydroxylation is 1. The Labute approximate surface area is 274 Å². The van der Waals surface area contributed by atoms with E-state index in [1.54, 1.807) is 24.1 Å². The second kappa shape index (κ2) is 12.8. The highest BCUT2D eigenvalue weighted by atomic mass is 35.5. The fourth-order valence-corrected chi connectivity index (χ4v) is 7.20. The molecule has 6 rings (SSSR count). The second-order valence-corrected chi connectivity index (χ2v) is 16.3. The van der Waals surface area contributed by atoms with Gasteiger partial charge in [0.05, 0.1) is 24.9 Å². The van der Waals surface area contributed by atoms with E-state index in [0.717, 1.165) is 22.0 Å². The van der Waals surface area contributed by atoms with Crippen molar-refractivity contribution in [1.29, 1.82) is 0 Å². The van der Waals surface area contributed by atoms with Crippen LogP contribution in [0.4, 0.5) is 0 Å². The van der Waals surface area contributed by atoms with Crippen molar-refractivity contribution < 1.29 is 19.1 Å². The topological polar surface area (TPSA) is 113 Å². The fraction of sp³-hybridized carbons (Fsp3) is 0.324. The number of benzene rings is 3. The maximum absolute atomic E-state index is 13.9. The molecular weight excluding hydrogens is 620 g/mol. The molecule has 1 N–H and O–H groups in total. The van der Waals surface area contributed by atoms with Gasteiger partial charge >= 0.3 is 0 Å². The first kappa shape index (κ1) is 31.7. The summed E-state index contributed by atoms with van der Waals surface area (Å²) < 4.78 is 7.53. The van der Waals surface area contributed by atoms with E-state index in [9.17, 15) is 14.4 Å². The lowest BCUT2D eigenvalue weighted by atomic mass is 10.00. The number of aromatic nitrogens is 3. The monoisotopic (exact) mass is 656 g/mol. The minimum atomic E-state index is -2.56. The van der Waals surface area contributed by atoms with E-state index in [1.165, 1.54) is 0 Å². The summed E-state index contributed by atoms with van der Waals surface area (Å²) in [7, 11) is -0.933. The van der Waals surface area contributed by atoms with Crippen molar-refractivity contribution in [2.75, 3.05) is 33.3 Å². The van der Waals surface area contributed by atoms with Crippen molar-refractivity contribution in [2.45, 2.75) is 38.9 Å². The molecule has 0 unspecified atom stereocenters. The zero-order chi connectivity index (χ0) is 32.6. The van der Waals surface area contributed by atoms with Crippen LogP contribution in [-0.2, 0) is 4.79 Å². The molecule has 2 aliphatic heterocycles. The van der Waals surface area contributed by atoms with Crippen LogP contribution in [0, 0.1) is 6.92 Å². The van der Waals surface area contributed by atoms with Crippen LogP contribution in [0.15, 0.2) is 71.7 Å². The van der Waals surface area contributed by atoms with Crippen molar-refractivity contribution >= 4 is 42.6 Å². The average Bonchev–Trinajstić information content (AvgIpc) is 3.20. The van der Waals surface area contributed by atoms with E-state index in [1.807, 2.05) is 84.1 Å². The molecule has 2 aliphatic rings. The Hall–Kier alpha value is -4.32. The van der Waals surface area contributed by atoms with Gasteiger partial charge in [-0.15, -0.1) is 10.2 Å². The summed E-state index contributed by atoms with van der Waals surface area (Å²) in [6, 6.07) is 20.0. The molecule has 1 saturated heterocycles. The lowest BCUT2D eigenvalue weighted by Gasteiger charge is -2.24. The Morgan fingerprint density at radius 3 is 2.46 bits per heavy atom. The lowest BCUT2D eigenvalue weighted by Crippen LogP contribution is -2.42. The molecule has 0 saturated carbocycles. The standard InChI is InChI=1S/C34H37ClN6O4Si/c1-22-37-38-33-29(36-32(23-9-11-25(35)12-10-23)28-20-26(45-2)13-14-30(28)41(22)33)21-31(42)39-15-6-16-40(18-17-39)34(43)24-7-5-8-27(19-24)46(3,4)44/h5,7-14,19-20,29,44H,6,15-18,21H2,1-4H3/t29-/m0/s1. The van der Waals surface area contributed by atoms with Gasteiger partial charge in [0, 0.05) is 47.9 Å². The Balaban J connectivity index is 1.27. The molecule has 1 fully saturated rings. The first-order valence-corrected chi connectivity index (χ1v) is 18.7. The summed E-state index contributed by atoms with van der Waals surface area (Å²) >= 11 is 6.23. The summed E-state index contributed by atoms with van der Waals surface area (Å²) in [6.45, 7) is 7.46. The highest BCUT2D eigenvalue weighted by Gasteiger charge is 2.32. The van der Waals surface area contributed by atoms with Crippen molar-refractivity contribution in [3.63, 3.8) is 0 Å². The number of rotatable bonds is 6. The van der Waals surface area contributed by atoms with Gasteiger partial charge in [-0.25, -0.2) is 0 Å². The van der Waals surface area contributed by atoms with E-state index in [2.05, 4.69) is 10.2 Å². The minimum absolute atomic E-state index is 0.0655. The number of hydrogen-bond acceptors (Lipinski definition) is 7. The van der Waals surface area contributed by atoms with E-state index in [0.29, 0.717) is 66.3 Å². The van der Waals surface area contributed by atoms with Gasteiger partial charge < -0.3 is 19.3 Å². The molecule has 238 valence electrons. The molecule has 0 radical (unpaired) electrons. The number of nitrogens with zero attached hydrogens (tertiary/aromatic N) is 6. The van der Waals surface area contributed by atoms with Gasteiger partial charge in [-0.05, 0) is 74.1 Å². The number of fused-ring (bicyclic) bond motifs is 3. The third-order valence-electron chi connectivity index (χ3n) is 8.57. The van der Waals surface area contributed by atoms with Crippen molar-refractivity contribution in [1.82, 2.24) is 24.6 Å². The Morgan fingerprint density at radius 2 is 1.72 bits per heavy atom. The largest absolute Gasteiger partial charge is 0.497 e. The Morgan fingerprint density at radius 1 is 0.978 bits per heavy atom. The van der Waals surface area contributed by atoms with Crippen LogP contribution >= 0.6 is 11.6 Å². The maximum Gasteiger partial charge on any atom is 0.253 e. The highest BCUT2D eigenvalue weighted by molar-refractivity contribution is 6.83. The quantitative estimate of drug-likeness (QED) is 0.310. The van der Waals surface area contributed by atoms with Crippen LogP contribution in [0.25, 0.3) is 5.69 Å². The SMILES string of the molecule is COc1ccc2c(c1)C(c1ccc(Cl)cc1)=N[C@@H](CC(=O)N1CCCN(C(=O)c3cccc([Si](C)(C)O)c3)CC1)c1nnc(C)n1-2. The van der Waals surface area contributed by atoms with Crippen LogP contribution in [0.1, 0.15) is 52.0 Å². The van der Waals surface area contributed by atoms with Crippen LogP contribution in [-0.4, -0.2) is 88.5 Å². The number of ether oxygens (including phenoxy) is 1. The average molecular weight is 657 g/mol. The van der Waals surface area contributed by atoms with Crippen LogP contribution in [0.2, 0.25) is 18.1 Å². The molecule has 3 heterocycles. The number of hydrogen-bond donors (Lipinski definition) is 1. The first-order valence-electron chi connectivity index (χ1n) is 15.4. The number of amides is 2. The Kier molecular flexibility index (Phi) is 8.82. The van der Waals surface area contributed by atoms with Gasteiger partial charge in [-0.3, -0.25) is 19.1 Å². The molecule has 0 aliphatic carbocycles. The summed E-state index contributed by atoms with van der Waals surface area (Å²) in [4.78, 5) is 46.8. The zero-order valence-corrected chi connectivity index (χ0v) is 28.2. The van der Waals surface area contributed by atoms with Gasteiger partial charge in [0.15, 0.2) is 5.82 Å². The molecule has 12 heteroatoms. The number of halogens is 1. The number of carbonyl (C=O) groups excluding carboxylic acids is 2. The van der Waals surface area contributed by atoms with Gasteiger partial charge in [0.25, 0.3) is 5.91 Å². The minimum Gasteiger partial charge on any atom is -0.497 e. The van der Waals surface area contributed by atoms with Crippen LogP contribution in [0.5, 0.6) is 5.75 Å². The van der Waals surface area contributed by atoms with E-state index < -0.39 is 14.4 Å². The maximum atomic E-state index is 13.9. The lowest BCUT2D eigenvalue weighted by molar-refractivity contribution is -0.131. The molecule has 0 bridgehead atoms.